The molecule has 0 aliphatic heterocycles. The highest BCUT2D eigenvalue weighted by Crippen LogP contribution is 2.41. The van der Waals surface area contributed by atoms with Gasteiger partial charge in [0.05, 0.1) is 38.8 Å². The first-order chi connectivity index (χ1) is 13.2. The molecule has 0 fully saturated rings. The van der Waals surface area contributed by atoms with Crippen LogP contribution in [0.5, 0.6) is 17.2 Å². The van der Waals surface area contributed by atoms with Crippen LogP contribution in [0.1, 0.15) is 11.3 Å². The lowest BCUT2D eigenvalue weighted by molar-refractivity contribution is 0.324. The first kappa shape index (κ1) is 19.8. The molecule has 0 radical (unpaired) electrons. The minimum atomic E-state index is -3.68. The summed E-state index contributed by atoms with van der Waals surface area (Å²) in [5.41, 5.74) is 1.66. The standard InChI is InChI=1S/C20H20FNO5S/c1-12(13-10-18(25-2)20(27-4)19(11-13)26-3)17-9-14-8-15(21)6-7-16(14)22(17)28(5,23)24/h6-11H,1H2,2-5H3. The summed E-state index contributed by atoms with van der Waals surface area (Å²) < 4.78 is 55.7. The first-order valence-corrected chi connectivity index (χ1v) is 10.1. The van der Waals surface area contributed by atoms with Crippen molar-refractivity contribution in [1.29, 1.82) is 0 Å². The van der Waals surface area contributed by atoms with Crippen LogP contribution in [0.2, 0.25) is 0 Å². The van der Waals surface area contributed by atoms with Crippen molar-refractivity contribution in [2.75, 3.05) is 27.6 Å². The van der Waals surface area contributed by atoms with Crippen molar-refractivity contribution in [1.82, 2.24) is 3.97 Å². The van der Waals surface area contributed by atoms with E-state index < -0.39 is 15.8 Å². The molecular weight excluding hydrogens is 385 g/mol. The lowest BCUT2D eigenvalue weighted by Gasteiger charge is -2.16. The Labute approximate surface area is 162 Å². The molecule has 148 valence electrons. The normalized spacial score (nSPS) is 11.5. The van der Waals surface area contributed by atoms with E-state index >= 15 is 0 Å². The van der Waals surface area contributed by atoms with Crippen LogP contribution in [0.3, 0.4) is 0 Å². The van der Waals surface area contributed by atoms with E-state index in [-0.39, 0.29) is 0 Å². The van der Waals surface area contributed by atoms with Gasteiger partial charge in [-0.05, 0) is 47.5 Å². The number of fused-ring (bicyclic) bond motifs is 1. The fourth-order valence-corrected chi connectivity index (χ4v) is 4.18. The predicted molar refractivity (Wildman–Crippen MR) is 106 cm³/mol. The molecule has 0 N–H and O–H groups in total. The van der Waals surface area contributed by atoms with Crippen LogP contribution < -0.4 is 14.2 Å². The summed E-state index contributed by atoms with van der Waals surface area (Å²) in [6.45, 7) is 4.06. The third kappa shape index (κ3) is 3.31. The van der Waals surface area contributed by atoms with Crippen molar-refractivity contribution >= 4 is 26.5 Å². The van der Waals surface area contributed by atoms with Crippen LogP contribution in [-0.2, 0) is 10.0 Å². The van der Waals surface area contributed by atoms with Gasteiger partial charge in [-0.1, -0.05) is 6.58 Å². The topological polar surface area (TPSA) is 66.8 Å². The molecule has 0 aliphatic rings. The van der Waals surface area contributed by atoms with E-state index in [1.54, 1.807) is 18.2 Å². The van der Waals surface area contributed by atoms with Crippen molar-refractivity contribution in [3.05, 3.63) is 60.1 Å². The summed E-state index contributed by atoms with van der Waals surface area (Å²) in [4.78, 5) is 0. The van der Waals surface area contributed by atoms with Gasteiger partial charge in [0.15, 0.2) is 11.5 Å². The van der Waals surface area contributed by atoms with Crippen LogP contribution in [0.25, 0.3) is 16.5 Å². The van der Waals surface area contributed by atoms with Crippen molar-refractivity contribution in [2.45, 2.75) is 0 Å². The van der Waals surface area contributed by atoms with E-state index in [0.29, 0.717) is 45.0 Å². The molecule has 0 spiro atoms. The molecule has 3 rings (SSSR count). The second kappa shape index (κ2) is 7.20. The molecule has 1 aromatic heterocycles. The van der Waals surface area contributed by atoms with Gasteiger partial charge in [-0.3, -0.25) is 0 Å². The van der Waals surface area contributed by atoms with Gasteiger partial charge in [0.1, 0.15) is 5.82 Å². The van der Waals surface area contributed by atoms with Crippen LogP contribution >= 0.6 is 0 Å². The number of rotatable bonds is 6. The number of aromatic nitrogens is 1. The van der Waals surface area contributed by atoms with E-state index in [1.165, 1.54) is 39.5 Å². The Hall–Kier alpha value is -3.00. The van der Waals surface area contributed by atoms with Crippen LogP contribution in [0, 0.1) is 5.82 Å². The molecule has 0 atom stereocenters. The highest BCUT2D eigenvalue weighted by atomic mass is 32.2. The molecular formula is C20H20FNO5S. The summed E-state index contributed by atoms with van der Waals surface area (Å²) in [6.07, 6.45) is 1.09. The van der Waals surface area contributed by atoms with Crippen LogP contribution in [0.4, 0.5) is 4.39 Å². The van der Waals surface area contributed by atoms with E-state index in [9.17, 15) is 12.8 Å². The van der Waals surface area contributed by atoms with E-state index in [0.717, 1.165) is 10.2 Å². The van der Waals surface area contributed by atoms with Gasteiger partial charge >= 0.3 is 0 Å². The SMILES string of the molecule is C=C(c1cc(OC)c(OC)c(OC)c1)c1cc2cc(F)ccc2n1S(C)(=O)=O. The van der Waals surface area contributed by atoms with Gasteiger partial charge in [0.25, 0.3) is 0 Å². The molecule has 0 saturated carbocycles. The fourth-order valence-electron chi connectivity index (χ4n) is 3.13. The molecule has 0 saturated heterocycles. The minimum Gasteiger partial charge on any atom is -0.493 e. The number of halogens is 1. The summed E-state index contributed by atoms with van der Waals surface area (Å²) in [5, 5.41) is 0.453. The van der Waals surface area contributed by atoms with Crippen LogP contribution in [0.15, 0.2) is 43.0 Å². The Kier molecular flexibility index (Phi) is 5.08. The van der Waals surface area contributed by atoms with Gasteiger partial charge in [-0.25, -0.2) is 16.8 Å². The molecule has 0 unspecified atom stereocenters. The summed E-state index contributed by atoms with van der Waals surface area (Å²) >= 11 is 0. The molecule has 0 amide bonds. The van der Waals surface area contributed by atoms with E-state index in [4.69, 9.17) is 14.2 Å². The maximum atomic E-state index is 13.7. The molecule has 0 bridgehead atoms. The van der Waals surface area contributed by atoms with Crippen molar-refractivity contribution < 1.29 is 27.0 Å². The monoisotopic (exact) mass is 405 g/mol. The number of hydrogen-bond acceptors (Lipinski definition) is 5. The number of hydrogen-bond donors (Lipinski definition) is 0. The van der Waals surface area contributed by atoms with Crippen molar-refractivity contribution in [3.63, 3.8) is 0 Å². The number of benzene rings is 2. The summed E-state index contributed by atoms with van der Waals surface area (Å²) in [5.74, 6) is 0.771. The molecule has 2 aromatic carbocycles. The Balaban J connectivity index is 2.27. The second-order valence-electron chi connectivity index (χ2n) is 6.15. The molecule has 6 nitrogen and oxygen atoms in total. The van der Waals surface area contributed by atoms with Crippen molar-refractivity contribution in [3.8, 4) is 17.2 Å². The lowest BCUT2D eigenvalue weighted by atomic mass is 10.0. The minimum absolute atomic E-state index is 0.317. The Morgan fingerprint density at radius 3 is 2.11 bits per heavy atom. The number of methoxy groups -OCH3 is 3. The third-order valence-corrected chi connectivity index (χ3v) is 5.43. The predicted octanol–water partition coefficient (Wildman–Crippen LogP) is 3.68. The number of nitrogens with zero attached hydrogens (tertiary/aromatic N) is 1. The fraction of sp³-hybridized carbons (Fsp3) is 0.200. The third-order valence-electron chi connectivity index (χ3n) is 4.37. The van der Waals surface area contributed by atoms with Crippen LogP contribution in [-0.4, -0.2) is 40.0 Å². The smallest absolute Gasteiger partial charge is 0.236 e. The average Bonchev–Trinajstić information content (AvgIpc) is 3.04. The zero-order chi connectivity index (χ0) is 20.6. The first-order valence-electron chi connectivity index (χ1n) is 8.22. The highest BCUT2D eigenvalue weighted by molar-refractivity contribution is 7.89. The van der Waals surface area contributed by atoms with Gasteiger partial charge in [-0.2, -0.15) is 0 Å². The quantitative estimate of drug-likeness (QED) is 0.626. The maximum absolute atomic E-state index is 13.7. The van der Waals surface area contributed by atoms with Gasteiger partial charge in [0.2, 0.25) is 15.8 Å². The molecule has 3 aromatic rings. The zero-order valence-corrected chi connectivity index (χ0v) is 16.8. The second-order valence-corrected chi connectivity index (χ2v) is 7.98. The van der Waals surface area contributed by atoms with Gasteiger partial charge in [-0.15, -0.1) is 0 Å². The van der Waals surface area contributed by atoms with Crippen molar-refractivity contribution in [2.24, 2.45) is 0 Å². The average molecular weight is 405 g/mol. The van der Waals surface area contributed by atoms with Gasteiger partial charge < -0.3 is 14.2 Å². The Bertz CT molecular complexity index is 1160. The summed E-state index contributed by atoms with van der Waals surface area (Å²) in [7, 11) is 0.783. The number of ether oxygens (including phenoxy) is 3. The summed E-state index contributed by atoms with van der Waals surface area (Å²) in [6, 6.07) is 8.87. The Morgan fingerprint density at radius 2 is 1.61 bits per heavy atom. The van der Waals surface area contributed by atoms with Gasteiger partial charge in [0, 0.05) is 5.39 Å². The Morgan fingerprint density at radius 1 is 1.00 bits per heavy atom. The van der Waals surface area contributed by atoms with E-state index in [2.05, 4.69) is 6.58 Å². The molecule has 0 aliphatic carbocycles. The highest BCUT2D eigenvalue weighted by Gasteiger charge is 2.22. The molecule has 1 heterocycles. The zero-order valence-electron chi connectivity index (χ0n) is 15.9. The van der Waals surface area contributed by atoms with E-state index in [1.807, 2.05) is 0 Å². The molecule has 8 heteroatoms. The lowest BCUT2D eigenvalue weighted by Crippen LogP contribution is -2.13. The molecule has 28 heavy (non-hydrogen) atoms. The largest absolute Gasteiger partial charge is 0.493 e. The maximum Gasteiger partial charge on any atom is 0.236 e.